The average molecular weight is 452 g/mol. The van der Waals surface area contributed by atoms with Crippen LogP contribution in [0.1, 0.15) is 28.4 Å². The monoisotopic (exact) mass is 452 g/mol. The van der Waals surface area contributed by atoms with E-state index in [4.69, 9.17) is 21.2 Å². The molecule has 1 atom stereocenters. The van der Waals surface area contributed by atoms with Gasteiger partial charge < -0.3 is 15.9 Å². The Hall–Kier alpha value is -3.29. The van der Waals surface area contributed by atoms with E-state index in [1.54, 1.807) is 0 Å². The normalized spacial score (nSPS) is 11.8. The number of hydrogen-bond donors (Lipinski definition) is 3. The molecule has 4 N–H and O–H groups in total. The van der Waals surface area contributed by atoms with Crippen molar-refractivity contribution in [3.63, 3.8) is 0 Å². The summed E-state index contributed by atoms with van der Waals surface area (Å²) in [6, 6.07) is 14.6. The van der Waals surface area contributed by atoms with E-state index in [0.29, 0.717) is 30.0 Å². The fourth-order valence-corrected chi connectivity index (χ4v) is 3.59. The van der Waals surface area contributed by atoms with Crippen molar-refractivity contribution in [1.29, 1.82) is 5.26 Å². The van der Waals surface area contributed by atoms with Gasteiger partial charge in [-0.15, -0.1) is 11.8 Å². The number of hydrogen-bond acceptors (Lipinski definition) is 5. The lowest BCUT2D eigenvalue weighted by atomic mass is 10.1. The minimum absolute atomic E-state index is 0.100. The van der Waals surface area contributed by atoms with Gasteiger partial charge in [0.05, 0.1) is 11.1 Å². The number of thioether (sulfide) groups is 1. The molecule has 0 heterocycles. The highest BCUT2D eigenvalue weighted by molar-refractivity contribution is 7.99. The first-order chi connectivity index (χ1) is 14.6. The largest absolute Gasteiger partial charge is 0.478 e. The summed E-state index contributed by atoms with van der Waals surface area (Å²) in [5.41, 5.74) is 6.09. The minimum atomic E-state index is -4.43. The van der Waals surface area contributed by atoms with Crippen LogP contribution >= 0.6 is 11.8 Å². The molecule has 0 radical (unpaired) electrons. The zero-order valence-corrected chi connectivity index (χ0v) is 16.9. The number of rotatable bonds is 7. The fourth-order valence-electron chi connectivity index (χ4n) is 2.30. The van der Waals surface area contributed by atoms with E-state index in [2.05, 4.69) is 0 Å². The molecule has 10 heteroatoms. The number of nitrogens with zero attached hydrogens (tertiary/aromatic N) is 1. The van der Waals surface area contributed by atoms with Crippen LogP contribution in [0.5, 0.6) is 0 Å². The van der Waals surface area contributed by atoms with Crippen molar-refractivity contribution in [2.24, 2.45) is 5.73 Å². The summed E-state index contributed by atoms with van der Waals surface area (Å²) in [6.07, 6.45) is -2.71. The topological polar surface area (TPSA) is 124 Å². The van der Waals surface area contributed by atoms with Crippen LogP contribution in [0.2, 0.25) is 0 Å². The van der Waals surface area contributed by atoms with Gasteiger partial charge in [0, 0.05) is 22.3 Å². The number of carbonyl (C=O) groups is 2. The van der Waals surface area contributed by atoms with E-state index in [-0.39, 0.29) is 10.8 Å². The highest BCUT2D eigenvalue weighted by Gasteiger charge is 2.31. The van der Waals surface area contributed by atoms with Crippen molar-refractivity contribution in [2.45, 2.75) is 22.7 Å². The first-order valence-corrected chi connectivity index (χ1v) is 9.63. The predicted molar refractivity (Wildman–Crippen MR) is 109 cm³/mol. The van der Waals surface area contributed by atoms with Gasteiger partial charge in [0.25, 0.3) is 0 Å². The Bertz CT molecular complexity index is 941. The standard InChI is InChI=1S/C17H15F3N2S.C4H4O4/c18-17(19,20)14-7-6-13(11-22)16(10-14)23-15(8-9-21)12-4-2-1-3-5-12;5-3(6)1-2-4(7)8/h1-7,10,15H,8-9,21H2;1-2H,(H,5,6)(H,7,8)/b;2-1+/t15-;/m1./s1. The Kier molecular flexibility index (Phi) is 10.3. The lowest BCUT2D eigenvalue weighted by Crippen LogP contribution is -2.07. The summed E-state index contributed by atoms with van der Waals surface area (Å²) < 4.78 is 38.7. The van der Waals surface area contributed by atoms with Crippen LogP contribution in [0.15, 0.2) is 65.6 Å². The van der Waals surface area contributed by atoms with Gasteiger partial charge in [-0.25, -0.2) is 9.59 Å². The van der Waals surface area contributed by atoms with Crippen LogP contribution in [-0.2, 0) is 15.8 Å². The van der Waals surface area contributed by atoms with Crippen molar-refractivity contribution < 1.29 is 33.0 Å². The van der Waals surface area contributed by atoms with Gasteiger partial charge in [-0.1, -0.05) is 30.3 Å². The summed E-state index contributed by atoms with van der Waals surface area (Å²) in [6.45, 7) is 0.410. The number of nitrogens with two attached hydrogens (primary N) is 1. The Labute approximate surface area is 180 Å². The van der Waals surface area contributed by atoms with Crippen LogP contribution in [0, 0.1) is 11.3 Å². The molecule has 0 amide bonds. The van der Waals surface area contributed by atoms with Gasteiger partial charge in [-0.2, -0.15) is 18.4 Å². The number of nitriles is 1. The summed E-state index contributed by atoms with van der Waals surface area (Å²) >= 11 is 1.25. The van der Waals surface area contributed by atoms with Crippen molar-refractivity contribution in [2.75, 3.05) is 6.54 Å². The molecule has 0 unspecified atom stereocenters. The molecule has 2 rings (SSSR count). The van der Waals surface area contributed by atoms with E-state index >= 15 is 0 Å². The zero-order valence-electron chi connectivity index (χ0n) is 16.0. The number of aliphatic carboxylic acids is 2. The second-order valence-electron chi connectivity index (χ2n) is 5.92. The number of carboxylic acids is 2. The van der Waals surface area contributed by atoms with E-state index < -0.39 is 23.7 Å². The molecule has 6 nitrogen and oxygen atoms in total. The first-order valence-electron chi connectivity index (χ1n) is 8.75. The van der Waals surface area contributed by atoms with Gasteiger partial charge in [0.2, 0.25) is 0 Å². The first kappa shape index (κ1) is 25.7. The van der Waals surface area contributed by atoms with Gasteiger partial charge in [0.15, 0.2) is 0 Å². The lowest BCUT2D eigenvalue weighted by Gasteiger charge is -2.18. The van der Waals surface area contributed by atoms with Gasteiger partial charge in [-0.05, 0) is 36.7 Å². The van der Waals surface area contributed by atoms with Crippen molar-refractivity contribution in [3.8, 4) is 6.07 Å². The Morgan fingerprint density at radius 2 is 1.68 bits per heavy atom. The summed E-state index contributed by atoms with van der Waals surface area (Å²) in [7, 11) is 0. The fraction of sp³-hybridized carbons (Fsp3) is 0.190. The van der Waals surface area contributed by atoms with E-state index in [9.17, 15) is 22.8 Å². The second kappa shape index (κ2) is 12.4. The Morgan fingerprint density at radius 3 is 2.13 bits per heavy atom. The average Bonchev–Trinajstić information content (AvgIpc) is 2.72. The van der Waals surface area contributed by atoms with E-state index in [0.717, 1.165) is 17.7 Å². The number of alkyl halides is 3. The number of halogens is 3. The highest BCUT2D eigenvalue weighted by atomic mass is 32.2. The molecule has 2 aromatic carbocycles. The third kappa shape index (κ3) is 9.37. The van der Waals surface area contributed by atoms with Crippen LogP contribution in [0.25, 0.3) is 0 Å². The van der Waals surface area contributed by atoms with Crippen LogP contribution in [-0.4, -0.2) is 28.7 Å². The van der Waals surface area contributed by atoms with Gasteiger partial charge >= 0.3 is 18.1 Å². The lowest BCUT2D eigenvalue weighted by molar-refractivity contribution is -0.137. The van der Waals surface area contributed by atoms with E-state index in [1.165, 1.54) is 17.8 Å². The maximum atomic E-state index is 12.9. The van der Waals surface area contributed by atoms with Gasteiger partial charge in [0.1, 0.15) is 6.07 Å². The number of carboxylic acid groups (broad SMARTS) is 2. The molecule has 0 saturated carbocycles. The quantitative estimate of drug-likeness (QED) is 0.418. The Morgan fingerprint density at radius 1 is 1.10 bits per heavy atom. The molecule has 0 aliphatic heterocycles. The summed E-state index contributed by atoms with van der Waals surface area (Å²) in [5.74, 6) is -2.51. The minimum Gasteiger partial charge on any atom is -0.478 e. The third-order valence-electron chi connectivity index (χ3n) is 3.67. The highest BCUT2D eigenvalue weighted by Crippen LogP contribution is 2.41. The van der Waals surface area contributed by atoms with Crippen molar-refractivity contribution in [3.05, 3.63) is 77.4 Å². The summed E-state index contributed by atoms with van der Waals surface area (Å²) in [4.78, 5) is 19.4. The third-order valence-corrected chi connectivity index (χ3v) is 5.05. The Balaban J connectivity index is 0.000000512. The summed E-state index contributed by atoms with van der Waals surface area (Å²) in [5, 5.41) is 24.7. The van der Waals surface area contributed by atoms with E-state index in [1.807, 2.05) is 36.4 Å². The SMILES string of the molecule is N#Cc1ccc(C(F)(F)F)cc1S[C@H](CCN)c1ccccc1.O=C(O)/C=C/C(=O)O. The molecule has 0 aromatic heterocycles. The predicted octanol–water partition coefficient (Wildman–Crippen LogP) is 4.47. The molecule has 0 aliphatic carbocycles. The molecular weight excluding hydrogens is 433 g/mol. The molecule has 0 aliphatic rings. The maximum absolute atomic E-state index is 12.9. The smallest absolute Gasteiger partial charge is 0.416 e. The van der Waals surface area contributed by atoms with Crippen molar-refractivity contribution in [1.82, 2.24) is 0 Å². The second-order valence-corrected chi connectivity index (χ2v) is 7.17. The molecular formula is C21H19F3N2O4S. The molecule has 31 heavy (non-hydrogen) atoms. The van der Waals surface area contributed by atoms with Crippen LogP contribution in [0.4, 0.5) is 13.2 Å². The van der Waals surface area contributed by atoms with Crippen LogP contribution < -0.4 is 5.73 Å². The molecule has 0 bridgehead atoms. The molecule has 2 aromatic rings. The zero-order chi connectivity index (χ0) is 23.4. The number of benzene rings is 2. The molecule has 0 saturated heterocycles. The van der Waals surface area contributed by atoms with Crippen molar-refractivity contribution >= 4 is 23.7 Å². The van der Waals surface area contributed by atoms with Gasteiger partial charge in [-0.3, -0.25) is 0 Å². The molecule has 0 fully saturated rings. The van der Waals surface area contributed by atoms with Crippen LogP contribution in [0.3, 0.4) is 0 Å². The maximum Gasteiger partial charge on any atom is 0.416 e. The molecule has 0 spiro atoms. The molecule has 164 valence electrons.